The number of hydrogen-bond acceptors (Lipinski definition) is 6. The van der Waals surface area contributed by atoms with Crippen LogP contribution in [-0.2, 0) is 0 Å². The van der Waals surface area contributed by atoms with Crippen molar-refractivity contribution in [3.05, 3.63) is 65.4 Å². The summed E-state index contributed by atoms with van der Waals surface area (Å²) in [6, 6.07) is 9.29. The molecular formula is C22H23N5O3. The first-order valence-corrected chi connectivity index (χ1v) is 9.93. The number of likely N-dealkylation sites (tertiary alicyclic amines) is 1. The number of nitrogens with zero attached hydrogens (tertiary/aromatic N) is 4. The van der Waals surface area contributed by atoms with Gasteiger partial charge in [0.05, 0.1) is 29.6 Å². The molecule has 0 radical (unpaired) electrons. The van der Waals surface area contributed by atoms with Gasteiger partial charge in [-0.3, -0.25) is 19.6 Å². The number of aliphatic hydroxyl groups excluding tert-OH is 1. The van der Waals surface area contributed by atoms with Gasteiger partial charge in [-0.05, 0) is 25.5 Å². The molecule has 0 unspecified atom stereocenters. The van der Waals surface area contributed by atoms with Gasteiger partial charge in [0.25, 0.3) is 11.8 Å². The molecular weight excluding hydrogens is 382 g/mol. The number of hydrogen-bond donors (Lipinski definition) is 2. The third kappa shape index (κ3) is 3.99. The molecule has 3 heterocycles. The molecule has 0 aliphatic carbocycles. The average molecular weight is 405 g/mol. The highest BCUT2D eigenvalue weighted by Crippen LogP contribution is 2.30. The summed E-state index contributed by atoms with van der Waals surface area (Å²) in [4.78, 5) is 40.3. The van der Waals surface area contributed by atoms with Crippen LogP contribution in [0.25, 0.3) is 10.9 Å². The molecule has 8 nitrogen and oxygen atoms in total. The molecule has 0 saturated carbocycles. The molecule has 3 aromatic rings. The van der Waals surface area contributed by atoms with Gasteiger partial charge in [-0.25, -0.2) is 4.98 Å². The highest BCUT2D eigenvalue weighted by atomic mass is 16.3. The Morgan fingerprint density at radius 1 is 1.23 bits per heavy atom. The lowest BCUT2D eigenvalue weighted by molar-refractivity contribution is 0.0784. The lowest BCUT2D eigenvalue weighted by Gasteiger charge is -2.17. The first-order valence-electron chi connectivity index (χ1n) is 9.93. The second kappa shape index (κ2) is 8.54. The van der Waals surface area contributed by atoms with Crippen LogP contribution in [0.15, 0.2) is 42.7 Å². The summed E-state index contributed by atoms with van der Waals surface area (Å²) >= 11 is 0. The molecule has 1 aliphatic heterocycles. The maximum absolute atomic E-state index is 12.8. The van der Waals surface area contributed by atoms with Crippen molar-refractivity contribution in [2.24, 2.45) is 0 Å². The number of carbonyl (C=O) groups is 2. The Morgan fingerprint density at radius 3 is 2.83 bits per heavy atom. The zero-order valence-electron chi connectivity index (χ0n) is 16.7. The van der Waals surface area contributed by atoms with Gasteiger partial charge < -0.3 is 15.3 Å². The molecule has 4 rings (SSSR count). The molecule has 1 atom stereocenters. The van der Waals surface area contributed by atoms with Crippen molar-refractivity contribution in [3.8, 4) is 0 Å². The monoisotopic (exact) mass is 405 g/mol. The van der Waals surface area contributed by atoms with Gasteiger partial charge in [0.2, 0.25) is 0 Å². The molecule has 0 bridgehead atoms. The molecule has 1 saturated heterocycles. The van der Waals surface area contributed by atoms with E-state index in [1.807, 2.05) is 31.2 Å². The predicted molar refractivity (Wildman–Crippen MR) is 111 cm³/mol. The Balaban J connectivity index is 1.59. The van der Waals surface area contributed by atoms with Gasteiger partial charge in [-0.1, -0.05) is 18.2 Å². The smallest absolute Gasteiger partial charge is 0.274 e. The highest BCUT2D eigenvalue weighted by molar-refractivity contribution is 6.06. The van der Waals surface area contributed by atoms with Gasteiger partial charge in [-0.2, -0.15) is 0 Å². The van der Waals surface area contributed by atoms with E-state index in [0.29, 0.717) is 24.3 Å². The van der Waals surface area contributed by atoms with Crippen molar-refractivity contribution >= 4 is 22.7 Å². The zero-order chi connectivity index (χ0) is 21.1. The largest absolute Gasteiger partial charge is 0.395 e. The number of nitrogens with one attached hydrogen (secondary N) is 1. The van der Waals surface area contributed by atoms with Gasteiger partial charge in [0.15, 0.2) is 0 Å². The average Bonchev–Trinajstić information content (AvgIpc) is 3.27. The molecule has 0 spiro atoms. The Bertz CT molecular complexity index is 1080. The van der Waals surface area contributed by atoms with Crippen molar-refractivity contribution < 1.29 is 14.7 Å². The van der Waals surface area contributed by atoms with E-state index in [2.05, 4.69) is 15.3 Å². The number of pyridine rings is 1. The topological polar surface area (TPSA) is 108 Å². The van der Waals surface area contributed by atoms with E-state index in [9.17, 15) is 9.59 Å². The molecule has 30 heavy (non-hydrogen) atoms. The third-order valence-corrected chi connectivity index (χ3v) is 5.27. The van der Waals surface area contributed by atoms with E-state index < -0.39 is 0 Å². The van der Waals surface area contributed by atoms with Crippen molar-refractivity contribution in [1.29, 1.82) is 0 Å². The number of aryl methyl sites for hydroxylation is 1. The quantitative estimate of drug-likeness (QED) is 0.669. The molecule has 1 aromatic carbocycles. The summed E-state index contributed by atoms with van der Waals surface area (Å²) in [5.74, 6) is -0.363. The minimum absolute atomic E-state index is 0.0290. The minimum atomic E-state index is -0.246. The number of benzene rings is 1. The normalized spacial score (nSPS) is 16.1. The van der Waals surface area contributed by atoms with Gasteiger partial charge in [0.1, 0.15) is 5.69 Å². The summed E-state index contributed by atoms with van der Waals surface area (Å²) in [5, 5.41) is 12.5. The first kappa shape index (κ1) is 19.9. The molecule has 8 heteroatoms. The van der Waals surface area contributed by atoms with Crippen molar-refractivity contribution in [2.75, 3.05) is 26.2 Å². The van der Waals surface area contributed by atoms with E-state index in [0.717, 1.165) is 28.7 Å². The number of fused-ring (bicyclic) bond motifs is 1. The van der Waals surface area contributed by atoms with E-state index in [4.69, 9.17) is 10.1 Å². The number of aromatic nitrogens is 3. The van der Waals surface area contributed by atoms with Crippen molar-refractivity contribution in [3.63, 3.8) is 0 Å². The second-order valence-corrected chi connectivity index (χ2v) is 7.37. The second-order valence-electron chi connectivity index (χ2n) is 7.37. The van der Waals surface area contributed by atoms with E-state index in [1.54, 1.807) is 17.2 Å². The van der Waals surface area contributed by atoms with Crippen LogP contribution in [0, 0.1) is 6.92 Å². The molecule has 1 aliphatic rings. The maximum atomic E-state index is 12.8. The van der Waals surface area contributed by atoms with Crippen LogP contribution in [0.3, 0.4) is 0 Å². The number of carbonyl (C=O) groups excluding carboxylic acids is 2. The van der Waals surface area contributed by atoms with Crippen LogP contribution in [0.2, 0.25) is 0 Å². The van der Waals surface area contributed by atoms with Crippen LogP contribution in [-0.4, -0.2) is 63.0 Å². The maximum Gasteiger partial charge on any atom is 0.274 e. The Kier molecular flexibility index (Phi) is 5.67. The standard InChI is InChI=1S/C22H23N5O3/c1-14-11-25-20(12-24-14)22(30)27-8-6-15(13-27)19-10-17(21(29)23-7-9-28)16-4-2-3-5-18(16)26-19/h2-5,10-12,15,28H,6-9,13H2,1H3,(H,23,29)/t15-/m0/s1. The number of aliphatic hydroxyl groups is 1. The summed E-state index contributed by atoms with van der Waals surface area (Å²) in [7, 11) is 0. The zero-order valence-corrected chi connectivity index (χ0v) is 16.7. The molecule has 2 N–H and O–H groups in total. The Labute approximate surface area is 174 Å². The highest BCUT2D eigenvalue weighted by Gasteiger charge is 2.30. The van der Waals surface area contributed by atoms with Gasteiger partial charge in [-0.15, -0.1) is 0 Å². The van der Waals surface area contributed by atoms with Crippen molar-refractivity contribution in [2.45, 2.75) is 19.3 Å². The van der Waals surface area contributed by atoms with Gasteiger partial charge >= 0.3 is 0 Å². The van der Waals surface area contributed by atoms with E-state index in [-0.39, 0.29) is 30.9 Å². The van der Waals surface area contributed by atoms with Crippen LogP contribution in [0.1, 0.15) is 44.6 Å². The summed E-state index contributed by atoms with van der Waals surface area (Å²) < 4.78 is 0. The fourth-order valence-corrected chi connectivity index (χ4v) is 3.71. The molecule has 2 amide bonds. The van der Waals surface area contributed by atoms with E-state index >= 15 is 0 Å². The Morgan fingerprint density at radius 2 is 2.07 bits per heavy atom. The van der Waals surface area contributed by atoms with E-state index in [1.165, 1.54) is 6.20 Å². The number of para-hydroxylation sites is 1. The number of rotatable bonds is 5. The SMILES string of the molecule is Cc1cnc(C(=O)N2CC[C@H](c3cc(C(=O)NCCO)c4ccccc4n3)C2)cn1. The van der Waals surface area contributed by atoms with Crippen molar-refractivity contribution in [1.82, 2.24) is 25.2 Å². The predicted octanol–water partition coefficient (Wildman–Crippen LogP) is 1.69. The third-order valence-electron chi connectivity index (χ3n) is 5.27. The molecule has 154 valence electrons. The molecule has 1 fully saturated rings. The fourth-order valence-electron chi connectivity index (χ4n) is 3.71. The lowest BCUT2D eigenvalue weighted by atomic mass is 9.99. The summed E-state index contributed by atoms with van der Waals surface area (Å²) in [5.41, 5.74) is 3.14. The van der Waals surface area contributed by atoms with Crippen LogP contribution >= 0.6 is 0 Å². The molecule has 2 aromatic heterocycles. The van der Waals surface area contributed by atoms with Crippen LogP contribution in [0.4, 0.5) is 0 Å². The number of amides is 2. The lowest BCUT2D eigenvalue weighted by Crippen LogP contribution is -2.29. The summed E-state index contributed by atoms with van der Waals surface area (Å²) in [6.45, 7) is 3.00. The fraction of sp³-hybridized carbons (Fsp3) is 0.318. The Hall–Kier alpha value is -3.39. The van der Waals surface area contributed by atoms with Gasteiger partial charge in [0, 0.05) is 42.8 Å². The first-order chi connectivity index (χ1) is 14.6. The minimum Gasteiger partial charge on any atom is -0.395 e. The van der Waals surface area contributed by atoms with Crippen LogP contribution < -0.4 is 5.32 Å². The van der Waals surface area contributed by atoms with Crippen LogP contribution in [0.5, 0.6) is 0 Å². The summed E-state index contributed by atoms with van der Waals surface area (Å²) in [6.07, 6.45) is 3.85.